The average Bonchev–Trinajstić information content (AvgIpc) is 2.41. The van der Waals surface area contributed by atoms with Crippen molar-refractivity contribution in [2.45, 2.75) is 45.2 Å². The minimum atomic E-state index is 0.695. The SMILES string of the molecule is CNCc1ccc(Br)cc1N(C)C1CCC(C)CC1. The lowest BCUT2D eigenvalue weighted by Crippen LogP contribution is -2.35. The van der Waals surface area contributed by atoms with Crippen LogP contribution in [0.15, 0.2) is 22.7 Å². The third-order valence-electron chi connectivity index (χ3n) is 4.33. The Morgan fingerprint density at radius 1 is 1.26 bits per heavy atom. The Hall–Kier alpha value is -0.540. The quantitative estimate of drug-likeness (QED) is 0.893. The summed E-state index contributed by atoms with van der Waals surface area (Å²) in [7, 11) is 4.26. The summed E-state index contributed by atoms with van der Waals surface area (Å²) in [5.74, 6) is 0.906. The van der Waals surface area contributed by atoms with Crippen LogP contribution >= 0.6 is 15.9 Å². The molecule has 0 aliphatic heterocycles. The van der Waals surface area contributed by atoms with Crippen molar-refractivity contribution in [3.63, 3.8) is 0 Å². The molecular formula is C16H25BrN2. The van der Waals surface area contributed by atoms with Crippen molar-refractivity contribution in [1.82, 2.24) is 5.32 Å². The van der Waals surface area contributed by atoms with Crippen molar-refractivity contribution >= 4 is 21.6 Å². The monoisotopic (exact) mass is 324 g/mol. The Kier molecular flexibility index (Phi) is 5.28. The van der Waals surface area contributed by atoms with Gasteiger partial charge in [-0.25, -0.2) is 0 Å². The van der Waals surface area contributed by atoms with Crippen LogP contribution in [0.2, 0.25) is 0 Å². The van der Waals surface area contributed by atoms with E-state index in [0.29, 0.717) is 6.04 Å². The molecule has 1 aromatic rings. The number of hydrogen-bond acceptors (Lipinski definition) is 2. The molecule has 1 aliphatic rings. The lowest BCUT2D eigenvalue weighted by Gasteiger charge is -2.36. The summed E-state index contributed by atoms with van der Waals surface area (Å²) in [5, 5.41) is 3.27. The second-order valence-electron chi connectivity index (χ2n) is 5.83. The molecule has 0 bridgehead atoms. The molecule has 1 saturated carbocycles. The molecule has 0 unspecified atom stereocenters. The zero-order valence-corrected chi connectivity index (χ0v) is 13.8. The molecule has 0 heterocycles. The lowest BCUT2D eigenvalue weighted by atomic mass is 9.86. The minimum Gasteiger partial charge on any atom is -0.371 e. The van der Waals surface area contributed by atoms with Gasteiger partial charge in [0.05, 0.1) is 0 Å². The molecule has 1 fully saturated rings. The summed E-state index contributed by atoms with van der Waals surface area (Å²) in [6.07, 6.45) is 5.38. The summed E-state index contributed by atoms with van der Waals surface area (Å²) in [6, 6.07) is 7.30. The lowest BCUT2D eigenvalue weighted by molar-refractivity contribution is 0.340. The molecule has 1 aliphatic carbocycles. The number of halogens is 1. The van der Waals surface area contributed by atoms with E-state index in [0.717, 1.165) is 12.5 Å². The third kappa shape index (κ3) is 3.73. The second-order valence-corrected chi connectivity index (χ2v) is 6.74. The Labute approximate surface area is 125 Å². The maximum Gasteiger partial charge on any atom is 0.0423 e. The van der Waals surface area contributed by atoms with Crippen LogP contribution in [0.4, 0.5) is 5.69 Å². The minimum absolute atomic E-state index is 0.695. The number of rotatable bonds is 4. The molecule has 0 spiro atoms. The first-order chi connectivity index (χ1) is 9.11. The van der Waals surface area contributed by atoms with Gasteiger partial charge >= 0.3 is 0 Å². The third-order valence-corrected chi connectivity index (χ3v) is 4.82. The Morgan fingerprint density at radius 3 is 2.58 bits per heavy atom. The van der Waals surface area contributed by atoms with Crippen molar-refractivity contribution < 1.29 is 0 Å². The zero-order chi connectivity index (χ0) is 13.8. The summed E-state index contributed by atoms with van der Waals surface area (Å²) in [4.78, 5) is 2.49. The van der Waals surface area contributed by atoms with E-state index in [4.69, 9.17) is 0 Å². The van der Waals surface area contributed by atoms with E-state index in [1.165, 1.54) is 41.4 Å². The second kappa shape index (κ2) is 6.76. The molecular weight excluding hydrogens is 300 g/mol. The van der Waals surface area contributed by atoms with E-state index >= 15 is 0 Å². The van der Waals surface area contributed by atoms with E-state index in [1.807, 2.05) is 7.05 Å². The van der Waals surface area contributed by atoms with Crippen molar-refractivity contribution in [3.8, 4) is 0 Å². The van der Waals surface area contributed by atoms with Gasteiger partial charge in [-0.1, -0.05) is 28.9 Å². The Morgan fingerprint density at radius 2 is 1.95 bits per heavy atom. The average molecular weight is 325 g/mol. The first kappa shape index (κ1) is 14.9. The largest absolute Gasteiger partial charge is 0.371 e. The van der Waals surface area contributed by atoms with Crippen LogP contribution in [0, 0.1) is 5.92 Å². The molecule has 1 aromatic carbocycles. The fraction of sp³-hybridized carbons (Fsp3) is 0.625. The molecule has 2 nitrogen and oxygen atoms in total. The van der Waals surface area contributed by atoms with Gasteiger partial charge in [0.1, 0.15) is 0 Å². The predicted octanol–water partition coefficient (Wildman–Crippen LogP) is 4.18. The molecule has 0 saturated heterocycles. The molecule has 106 valence electrons. The summed E-state index contributed by atoms with van der Waals surface area (Å²) in [6.45, 7) is 3.30. The van der Waals surface area contributed by atoms with Gasteiger partial charge in [0.25, 0.3) is 0 Å². The van der Waals surface area contributed by atoms with Crippen molar-refractivity contribution in [2.24, 2.45) is 5.92 Å². The van der Waals surface area contributed by atoms with Crippen LogP contribution in [0.5, 0.6) is 0 Å². The predicted molar refractivity (Wildman–Crippen MR) is 86.7 cm³/mol. The van der Waals surface area contributed by atoms with Gasteiger partial charge in [0, 0.05) is 29.8 Å². The van der Waals surface area contributed by atoms with Crippen molar-refractivity contribution in [3.05, 3.63) is 28.2 Å². The van der Waals surface area contributed by atoms with Gasteiger partial charge in [-0.3, -0.25) is 0 Å². The number of nitrogens with zero attached hydrogens (tertiary/aromatic N) is 1. The number of anilines is 1. The normalized spacial score (nSPS) is 23.4. The first-order valence-electron chi connectivity index (χ1n) is 7.27. The summed E-state index contributed by atoms with van der Waals surface area (Å²) in [5.41, 5.74) is 2.75. The maximum absolute atomic E-state index is 3.60. The molecule has 3 heteroatoms. The highest BCUT2D eigenvalue weighted by atomic mass is 79.9. The van der Waals surface area contributed by atoms with Gasteiger partial charge in [0.2, 0.25) is 0 Å². The van der Waals surface area contributed by atoms with Gasteiger partial charge < -0.3 is 10.2 Å². The number of hydrogen-bond donors (Lipinski definition) is 1. The van der Waals surface area contributed by atoms with E-state index in [-0.39, 0.29) is 0 Å². The van der Waals surface area contributed by atoms with E-state index < -0.39 is 0 Å². The zero-order valence-electron chi connectivity index (χ0n) is 12.2. The van der Waals surface area contributed by atoms with Gasteiger partial charge in [-0.05, 0) is 56.3 Å². The van der Waals surface area contributed by atoms with Crippen LogP contribution in [0.25, 0.3) is 0 Å². The van der Waals surface area contributed by atoms with Crippen LogP contribution in [-0.4, -0.2) is 20.1 Å². The highest BCUT2D eigenvalue weighted by molar-refractivity contribution is 9.10. The smallest absolute Gasteiger partial charge is 0.0423 e. The van der Waals surface area contributed by atoms with Crippen molar-refractivity contribution in [1.29, 1.82) is 0 Å². The fourth-order valence-corrected chi connectivity index (χ4v) is 3.38. The number of nitrogens with one attached hydrogen (secondary N) is 1. The topological polar surface area (TPSA) is 15.3 Å². The van der Waals surface area contributed by atoms with E-state index in [9.17, 15) is 0 Å². The van der Waals surface area contributed by atoms with Gasteiger partial charge in [-0.2, -0.15) is 0 Å². The van der Waals surface area contributed by atoms with Crippen LogP contribution in [0.3, 0.4) is 0 Å². The van der Waals surface area contributed by atoms with Crippen molar-refractivity contribution in [2.75, 3.05) is 19.0 Å². The molecule has 0 aromatic heterocycles. The highest BCUT2D eigenvalue weighted by Gasteiger charge is 2.23. The molecule has 1 N–H and O–H groups in total. The molecule has 19 heavy (non-hydrogen) atoms. The standard InChI is InChI=1S/C16H25BrN2/c1-12-4-8-15(9-5-12)19(3)16-10-14(17)7-6-13(16)11-18-2/h6-7,10,12,15,18H,4-5,8-9,11H2,1-3H3. The maximum atomic E-state index is 3.60. The Bertz CT molecular complexity index is 411. The first-order valence-corrected chi connectivity index (χ1v) is 8.07. The molecule has 0 amide bonds. The molecule has 0 radical (unpaired) electrons. The highest BCUT2D eigenvalue weighted by Crippen LogP contribution is 2.32. The Balaban J connectivity index is 2.17. The van der Waals surface area contributed by atoms with Crippen LogP contribution in [-0.2, 0) is 6.54 Å². The summed E-state index contributed by atoms with van der Waals surface area (Å²) < 4.78 is 1.17. The van der Waals surface area contributed by atoms with E-state index in [1.54, 1.807) is 0 Å². The van der Waals surface area contributed by atoms with E-state index in [2.05, 4.69) is 58.3 Å². The molecule has 0 atom stereocenters. The van der Waals surface area contributed by atoms with Gasteiger partial charge in [-0.15, -0.1) is 0 Å². The summed E-state index contributed by atoms with van der Waals surface area (Å²) >= 11 is 3.60. The van der Waals surface area contributed by atoms with Crippen LogP contribution in [0.1, 0.15) is 38.2 Å². The fourth-order valence-electron chi connectivity index (χ4n) is 3.03. The molecule has 2 rings (SSSR count). The van der Waals surface area contributed by atoms with Gasteiger partial charge in [0.15, 0.2) is 0 Å². The number of benzene rings is 1. The van der Waals surface area contributed by atoms with Crippen LogP contribution < -0.4 is 10.2 Å².